The lowest BCUT2D eigenvalue weighted by atomic mass is 10.2. The van der Waals surface area contributed by atoms with E-state index in [0.717, 1.165) is 38.5 Å². The van der Waals surface area contributed by atoms with Crippen LogP contribution in [-0.2, 0) is 4.74 Å². The van der Waals surface area contributed by atoms with Gasteiger partial charge in [0, 0.05) is 13.1 Å². The topological polar surface area (TPSA) is 58.6 Å². The predicted octanol–water partition coefficient (Wildman–Crippen LogP) is 4.32. The van der Waals surface area contributed by atoms with Crippen LogP contribution in [0.4, 0.5) is 9.59 Å². The van der Waals surface area contributed by atoms with Gasteiger partial charge < -0.3 is 10.1 Å². The fraction of sp³-hybridized carbons (Fsp3) is 0.875. The second-order valence-electron chi connectivity index (χ2n) is 5.20. The Balaban J connectivity index is 4.15. The Kier molecular flexibility index (Phi) is 12.9. The fourth-order valence-corrected chi connectivity index (χ4v) is 2.02. The standard InChI is InChI=1S/C16H32N2O3/c1-4-7-9-11-13-17-15(19)18(16(20)21-6-3)14-12-10-8-5-2/h4-14H2,1-3H3,(H,17,19). The highest BCUT2D eigenvalue weighted by atomic mass is 16.6. The number of carbonyl (C=O) groups is 2. The molecule has 0 aromatic carbocycles. The van der Waals surface area contributed by atoms with Gasteiger partial charge in [0.15, 0.2) is 0 Å². The molecule has 0 saturated heterocycles. The second kappa shape index (κ2) is 13.7. The number of ether oxygens (including phenoxy) is 1. The molecular weight excluding hydrogens is 268 g/mol. The van der Waals surface area contributed by atoms with Gasteiger partial charge in [-0.05, 0) is 19.8 Å². The van der Waals surface area contributed by atoms with Gasteiger partial charge in [-0.1, -0.05) is 52.4 Å². The highest BCUT2D eigenvalue weighted by Crippen LogP contribution is 2.04. The minimum absolute atomic E-state index is 0.286. The number of amides is 3. The van der Waals surface area contributed by atoms with Gasteiger partial charge in [-0.3, -0.25) is 0 Å². The SMILES string of the molecule is CCCCCCNC(=O)N(CCCCCC)C(=O)OCC. The molecule has 5 heteroatoms. The molecule has 3 amide bonds. The predicted molar refractivity (Wildman–Crippen MR) is 85.4 cm³/mol. The Labute approximate surface area is 129 Å². The number of nitrogens with one attached hydrogen (secondary N) is 1. The van der Waals surface area contributed by atoms with E-state index >= 15 is 0 Å². The van der Waals surface area contributed by atoms with E-state index < -0.39 is 6.09 Å². The van der Waals surface area contributed by atoms with Gasteiger partial charge in [-0.25, -0.2) is 14.5 Å². The van der Waals surface area contributed by atoms with Crippen molar-refractivity contribution in [3.63, 3.8) is 0 Å². The van der Waals surface area contributed by atoms with E-state index in [1.165, 1.54) is 17.7 Å². The first kappa shape index (κ1) is 19.7. The summed E-state index contributed by atoms with van der Waals surface area (Å²) >= 11 is 0. The first-order valence-corrected chi connectivity index (χ1v) is 8.39. The molecule has 1 N–H and O–H groups in total. The number of unbranched alkanes of at least 4 members (excludes halogenated alkanes) is 6. The second-order valence-corrected chi connectivity index (χ2v) is 5.20. The molecule has 0 aliphatic carbocycles. The molecule has 0 spiro atoms. The van der Waals surface area contributed by atoms with Gasteiger partial charge in [-0.2, -0.15) is 0 Å². The zero-order chi connectivity index (χ0) is 15.9. The van der Waals surface area contributed by atoms with Crippen molar-refractivity contribution in [3.05, 3.63) is 0 Å². The largest absolute Gasteiger partial charge is 0.449 e. The van der Waals surface area contributed by atoms with E-state index in [1.807, 2.05) is 0 Å². The van der Waals surface area contributed by atoms with Crippen LogP contribution in [-0.4, -0.2) is 36.7 Å². The smallest absolute Gasteiger partial charge is 0.417 e. The van der Waals surface area contributed by atoms with E-state index in [4.69, 9.17) is 4.74 Å². The summed E-state index contributed by atoms with van der Waals surface area (Å²) in [5.74, 6) is 0. The molecule has 0 aromatic rings. The number of hydrogen-bond donors (Lipinski definition) is 1. The first-order chi connectivity index (χ1) is 10.2. The van der Waals surface area contributed by atoms with Crippen molar-refractivity contribution < 1.29 is 14.3 Å². The molecule has 0 rings (SSSR count). The maximum absolute atomic E-state index is 12.1. The minimum Gasteiger partial charge on any atom is -0.449 e. The first-order valence-electron chi connectivity index (χ1n) is 8.39. The Morgan fingerprint density at radius 3 is 2.10 bits per heavy atom. The summed E-state index contributed by atoms with van der Waals surface area (Å²) in [6, 6.07) is -0.332. The highest BCUT2D eigenvalue weighted by Gasteiger charge is 2.21. The van der Waals surface area contributed by atoms with Crippen LogP contribution in [0.15, 0.2) is 0 Å². The summed E-state index contributed by atoms with van der Waals surface area (Å²) in [5, 5.41) is 2.81. The minimum atomic E-state index is -0.542. The third-order valence-electron chi connectivity index (χ3n) is 3.28. The summed E-state index contributed by atoms with van der Waals surface area (Å²) < 4.78 is 4.95. The molecule has 0 fully saturated rings. The number of nitrogens with zero attached hydrogens (tertiary/aromatic N) is 1. The van der Waals surface area contributed by atoms with Crippen LogP contribution in [0.25, 0.3) is 0 Å². The van der Waals surface area contributed by atoms with Gasteiger partial charge in [0.1, 0.15) is 0 Å². The highest BCUT2D eigenvalue weighted by molar-refractivity contribution is 5.90. The Morgan fingerprint density at radius 2 is 1.52 bits per heavy atom. The van der Waals surface area contributed by atoms with Crippen LogP contribution < -0.4 is 5.32 Å². The maximum atomic E-state index is 12.1. The molecule has 0 radical (unpaired) electrons. The van der Waals surface area contributed by atoms with Crippen LogP contribution in [0.5, 0.6) is 0 Å². The molecule has 21 heavy (non-hydrogen) atoms. The Morgan fingerprint density at radius 1 is 0.905 bits per heavy atom. The van der Waals surface area contributed by atoms with Crippen LogP contribution in [0.1, 0.15) is 72.1 Å². The molecule has 0 heterocycles. The normalized spacial score (nSPS) is 10.2. The summed E-state index contributed by atoms with van der Waals surface area (Å²) in [6.07, 6.45) is 7.96. The molecule has 0 bridgehead atoms. The van der Waals surface area contributed by atoms with Crippen molar-refractivity contribution in [2.45, 2.75) is 72.1 Å². The molecule has 0 aliphatic rings. The van der Waals surface area contributed by atoms with Crippen LogP contribution in [0, 0.1) is 0 Å². The van der Waals surface area contributed by atoms with E-state index in [2.05, 4.69) is 19.2 Å². The van der Waals surface area contributed by atoms with Crippen molar-refractivity contribution in [1.82, 2.24) is 10.2 Å². The van der Waals surface area contributed by atoms with Crippen molar-refractivity contribution in [3.8, 4) is 0 Å². The van der Waals surface area contributed by atoms with Crippen LogP contribution in [0.2, 0.25) is 0 Å². The maximum Gasteiger partial charge on any atom is 0.417 e. The van der Waals surface area contributed by atoms with Gasteiger partial charge >= 0.3 is 12.1 Å². The molecule has 0 aromatic heterocycles. The lowest BCUT2D eigenvalue weighted by molar-refractivity contribution is 0.113. The summed E-state index contributed by atoms with van der Waals surface area (Å²) in [5.41, 5.74) is 0. The molecule has 124 valence electrons. The lowest BCUT2D eigenvalue weighted by Gasteiger charge is -2.20. The third-order valence-corrected chi connectivity index (χ3v) is 3.28. The van der Waals surface area contributed by atoms with Crippen LogP contribution >= 0.6 is 0 Å². The number of urea groups is 1. The molecule has 0 saturated carbocycles. The third kappa shape index (κ3) is 10.2. The monoisotopic (exact) mass is 300 g/mol. The number of hydrogen-bond acceptors (Lipinski definition) is 3. The van der Waals surface area contributed by atoms with Crippen molar-refractivity contribution in [2.24, 2.45) is 0 Å². The van der Waals surface area contributed by atoms with Gasteiger partial charge in [0.05, 0.1) is 6.61 Å². The molecular formula is C16H32N2O3. The van der Waals surface area contributed by atoms with E-state index in [-0.39, 0.29) is 12.6 Å². The van der Waals surface area contributed by atoms with Crippen molar-refractivity contribution >= 4 is 12.1 Å². The van der Waals surface area contributed by atoms with Crippen molar-refractivity contribution in [1.29, 1.82) is 0 Å². The molecule has 0 unspecified atom stereocenters. The number of imide groups is 1. The van der Waals surface area contributed by atoms with E-state index in [9.17, 15) is 9.59 Å². The van der Waals surface area contributed by atoms with Gasteiger partial charge in [-0.15, -0.1) is 0 Å². The summed E-state index contributed by atoms with van der Waals surface area (Å²) in [4.78, 5) is 25.1. The molecule has 0 atom stereocenters. The van der Waals surface area contributed by atoms with E-state index in [1.54, 1.807) is 6.92 Å². The average Bonchev–Trinajstić information content (AvgIpc) is 2.47. The van der Waals surface area contributed by atoms with Crippen molar-refractivity contribution in [2.75, 3.05) is 19.7 Å². The fourth-order valence-electron chi connectivity index (χ4n) is 2.02. The molecule has 5 nitrogen and oxygen atoms in total. The average molecular weight is 300 g/mol. The zero-order valence-corrected chi connectivity index (χ0v) is 14.0. The Bertz CT molecular complexity index is 283. The van der Waals surface area contributed by atoms with Gasteiger partial charge in [0.25, 0.3) is 0 Å². The lowest BCUT2D eigenvalue weighted by Crippen LogP contribution is -2.44. The van der Waals surface area contributed by atoms with Gasteiger partial charge in [0.2, 0.25) is 0 Å². The van der Waals surface area contributed by atoms with E-state index in [0.29, 0.717) is 13.1 Å². The summed E-state index contributed by atoms with van der Waals surface area (Å²) in [6.45, 7) is 7.36. The number of rotatable bonds is 11. The quantitative estimate of drug-likeness (QED) is 0.578. The number of carbonyl (C=O) groups excluding carboxylic acids is 2. The molecule has 0 aliphatic heterocycles. The zero-order valence-electron chi connectivity index (χ0n) is 14.0. The summed E-state index contributed by atoms with van der Waals surface area (Å²) in [7, 11) is 0. The Hall–Kier alpha value is -1.26. The van der Waals surface area contributed by atoms with Crippen LogP contribution in [0.3, 0.4) is 0 Å².